The Bertz CT molecular complexity index is 402. The first-order valence-electron chi connectivity index (χ1n) is 6.70. The molecule has 19 heavy (non-hydrogen) atoms. The van der Waals surface area contributed by atoms with Gasteiger partial charge in [-0.3, -0.25) is 9.78 Å². The van der Waals surface area contributed by atoms with Crippen molar-refractivity contribution in [1.82, 2.24) is 15.2 Å². The number of carbonyl (C=O) groups is 1. The number of nitrogens with one attached hydrogen (secondary N) is 1. The number of aromatic nitrogens is 1. The summed E-state index contributed by atoms with van der Waals surface area (Å²) in [6, 6.07) is 4.00. The zero-order valence-electron chi connectivity index (χ0n) is 11.5. The molecule has 5 heteroatoms. The number of hydrogen-bond donors (Lipinski definition) is 1. The highest BCUT2D eigenvalue weighted by Gasteiger charge is 2.28. The molecule has 1 fully saturated rings. The van der Waals surface area contributed by atoms with Gasteiger partial charge in [0.25, 0.3) is 5.91 Å². The zero-order chi connectivity index (χ0) is 13.7. The fourth-order valence-corrected chi connectivity index (χ4v) is 2.11. The van der Waals surface area contributed by atoms with Gasteiger partial charge in [0.15, 0.2) is 0 Å². The molecule has 0 aliphatic carbocycles. The maximum absolute atomic E-state index is 12.5. The second kappa shape index (κ2) is 6.63. The molecule has 2 heterocycles. The minimum Gasteiger partial charge on any atom is -0.366 e. The molecule has 5 nitrogen and oxygen atoms in total. The quantitative estimate of drug-likeness (QED) is 0.873. The molecule has 1 aromatic rings. The van der Waals surface area contributed by atoms with Crippen LogP contribution in [-0.4, -0.2) is 47.6 Å². The van der Waals surface area contributed by atoms with Crippen molar-refractivity contribution in [2.24, 2.45) is 0 Å². The molecule has 1 N–H and O–H groups in total. The lowest BCUT2D eigenvalue weighted by Gasteiger charge is -2.32. The topological polar surface area (TPSA) is 54.5 Å². The smallest absolute Gasteiger partial charge is 0.253 e. The Kier molecular flexibility index (Phi) is 4.87. The van der Waals surface area contributed by atoms with E-state index >= 15 is 0 Å². The van der Waals surface area contributed by atoms with E-state index in [0.29, 0.717) is 19.7 Å². The SMILES string of the molecule is CC(C)N(Cc1cccnc1)C(=O)C1CNCCO1. The molecular formula is C14H21N3O2. The number of carbonyl (C=O) groups excluding carboxylic acids is 1. The third-order valence-electron chi connectivity index (χ3n) is 3.19. The van der Waals surface area contributed by atoms with Crippen LogP contribution in [0.4, 0.5) is 0 Å². The molecule has 1 aliphatic heterocycles. The monoisotopic (exact) mass is 263 g/mol. The maximum Gasteiger partial charge on any atom is 0.253 e. The first-order valence-corrected chi connectivity index (χ1v) is 6.70. The van der Waals surface area contributed by atoms with Gasteiger partial charge in [-0.1, -0.05) is 6.07 Å². The van der Waals surface area contributed by atoms with Crippen molar-refractivity contribution in [3.63, 3.8) is 0 Å². The Hall–Kier alpha value is -1.46. The molecular weight excluding hydrogens is 242 g/mol. The van der Waals surface area contributed by atoms with E-state index in [2.05, 4.69) is 10.3 Å². The molecule has 1 amide bonds. The molecule has 1 atom stereocenters. The second-order valence-corrected chi connectivity index (χ2v) is 4.98. The highest BCUT2D eigenvalue weighted by atomic mass is 16.5. The molecule has 0 spiro atoms. The van der Waals surface area contributed by atoms with Crippen LogP contribution in [-0.2, 0) is 16.1 Å². The lowest BCUT2D eigenvalue weighted by atomic mass is 10.2. The molecule has 0 radical (unpaired) electrons. The van der Waals surface area contributed by atoms with Crippen molar-refractivity contribution in [3.05, 3.63) is 30.1 Å². The van der Waals surface area contributed by atoms with Crippen LogP contribution in [0.2, 0.25) is 0 Å². The van der Waals surface area contributed by atoms with Gasteiger partial charge in [0, 0.05) is 38.1 Å². The summed E-state index contributed by atoms with van der Waals surface area (Å²) in [7, 11) is 0. The van der Waals surface area contributed by atoms with Crippen LogP contribution in [0, 0.1) is 0 Å². The number of amides is 1. The van der Waals surface area contributed by atoms with Crippen LogP contribution in [0.25, 0.3) is 0 Å². The lowest BCUT2D eigenvalue weighted by Crippen LogP contribution is -2.51. The van der Waals surface area contributed by atoms with Gasteiger partial charge < -0.3 is 15.0 Å². The molecule has 1 unspecified atom stereocenters. The number of hydrogen-bond acceptors (Lipinski definition) is 4. The number of morpholine rings is 1. The maximum atomic E-state index is 12.5. The number of rotatable bonds is 4. The Morgan fingerprint density at radius 2 is 2.47 bits per heavy atom. The molecule has 0 saturated carbocycles. The summed E-state index contributed by atoms with van der Waals surface area (Å²) in [6.07, 6.45) is 3.16. The van der Waals surface area contributed by atoms with Gasteiger partial charge in [-0.05, 0) is 25.5 Å². The summed E-state index contributed by atoms with van der Waals surface area (Å²) in [5.41, 5.74) is 1.04. The fourth-order valence-electron chi connectivity index (χ4n) is 2.11. The molecule has 0 aromatic carbocycles. The number of ether oxygens (including phenoxy) is 1. The Balaban J connectivity index is 2.04. The van der Waals surface area contributed by atoms with Crippen LogP contribution in [0.15, 0.2) is 24.5 Å². The van der Waals surface area contributed by atoms with Gasteiger partial charge in [-0.2, -0.15) is 0 Å². The Labute approximate surface area is 114 Å². The van der Waals surface area contributed by atoms with Crippen LogP contribution < -0.4 is 5.32 Å². The number of pyridine rings is 1. The average molecular weight is 263 g/mol. The first-order chi connectivity index (χ1) is 9.18. The minimum absolute atomic E-state index is 0.0473. The predicted octanol–water partition coefficient (Wildman–Crippen LogP) is 0.807. The van der Waals surface area contributed by atoms with Gasteiger partial charge in [-0.25, -0.2) is 0 Å². The summed E-state index contributed by atoms with van der Waals surface area (Å²) >= 11 is 0. The molecule has 1 saturated heterocycles. The van der Waals surface area contributed by atoms with Crippen molar-refractivity contribution < 1.29 is 9.53 Å². The third kappa shape index (κ3) is 3.75. The van der Waals surface area contributed by atoms with E-state index in [1.54, 1.807) is 12.4 Å². The fraction of sp³-hybridized carbons (Fsp3) is 0.571. The van der Waals surface area contributed by atoms with E-state index in [1.165, 1.54) is 0 Å². The number of nitrogens with zero attached hydrogens (tertiary/aromatic N) is 2. The molecule has 1 aliphatic rings. The Morgan fingerprint density at radius 3 is 3.05 bits per heavy atom. The average Bonchev–Trinajstić information content (AvgIpc) is 2.46. The van der Waals surface area contributed by atoms with Gasteiger partial charge in [0.2, 0.25) is 0 Å². The highest BCUT2D eigenvalue weighted by molar-refractivity contribution is 5.81. The standard InChI is InChI=1S/C14H21N3O2/c1-11(2)17(10-12-4-3-5-15-8-12)14(18)13-9-16-6-7-19-13/h3-5,8,11,13,16H,6-7,9-10H2,1-2H3. The Morgan fingerprint density at radius 1 is 1.63 bits per heavy atom. The summed E-state index contributed by atoms with van der Waals surface area (Å²) < 4.78 is 5.54. The second-order valence-electron chi connectivity index (χ2n) is 4.98. The van der Waals surface area contributed by atoms with E-state index in [1.807, 2.05) is 30.9 Å². The molecule has 1 aromatic heterocycles. The summed E-state index contributed by atoms with van der Waals surface area (Å²) in [5.74, 6) is 0.0473. The van der Waals surface area contributed by atoms with Gasteiger partial charge in [-0.15, -0.1) is 0 Å². The van der Waals surface area contributed by atoms with E-state index in [9.17, 15) is 4.79 Å². The van der Waals surface area contributed by atoms with Crippen molar-refractivity contribution in [3.8, 4) is 0 Å². The lowest BCUT2D eigenvalue weighted by molar-refractivity contribution is -0.147. The van der Waals surface area contributed by atoms with Crippen LogP contribution >= 0.6 is 0 Å². The minimum atomic E-state index is -0.368. The van der Waals surface area contributed by atoms with Crippen molar-refractivity contribution in [2.45, 2.75) is 32.5 Å². The van der Waals surface area contributed by atoms with E-state index < -0.39 is 0 Å². The van der Waals surface area contributed by atoms with Crippen molar-refractivity contribution in [2.75, 3.05) is 19.7 Å². The van der Waals surface area contributed by atoms with Gasteiger partial charge in [0.05, 0.1) is 6.61 Å². The third-order valence-corrected chi connectivity index (χ3v) is 3.19. The van der Waals surface area contributed by atoms with Crippen LogP contribution in [0.1, 0.15) is 19.4 Å². The van der Waals surface area contributed by atoms with E-state index in [-0.39, 0.29) is 18.1 Å². The molecule has 2 rings (SSSR count). The van der Waals surface area contributed by atoms with Crippen LogP contribution in [0.5, 0.6) is 0 Å². The first kappa shape index (κ1) is 14.0. The largest absolute Gasteiger partial charge is 0.366 e. The highest BCUT2D eigenvalue weighted by Crippen LogP contribution is 2.11. The molecule has 0 bridgehead atoms. The predicted molar refractivity (Wildman–Crippen MR) is 72.5 cm³/mol. The van der Waals surface area contributed by atoms with Gasteiger partial charge in [0.1, 0.15) is 6.10 Å². The van der Waals surface area contributed by atoms with Crippen molar-refractivity contribution in [1.29, 1.82) is 0 Å². The van der Waals surface area contributed by atoms with Crippen LogP contribution in [0.3, 0.4) is 0 Å². The zero-order valence-corrected chi connectivity index (χ0v) is 11.5. The van der Waals surface area contributed by atoms with E-state index in [4.69, 9.17) is 4.74 Å². The summed E-state index contributed by atoms with van der Waals surface area (Å²) in [4.78, 5) is 18.4. The van der Waals surface area contributed by atoms with Gasteiger partial charge >= 0.3 is 0 Å². The normalized spacial score (nSPS) is 19.4. The summed E-state index contributed by atoms with van der Waals surface area (Å²) in [6.45, 7) is 6.61. The van der Waals surface area contributed by atoms with E-state index in [0.717, 1.165) is 12.1 Å². The molecule has 104 valence electrons. The van der Waals surface area contributed by atoms with Crippen molar-refractivity contribution >= 4 is 5.91 Å². The summed E-state index contributed by atoms with van der Waals surface area (Å²) in [5, 5.41) is 3.19.